The third-order valence-corrected chi connectivity index (χ3v) is 5.18. The molecule has 0 aromatic heterocycles. The van der Waals surface area contributed by atoms with Crippen LogP contribution < -0.4 is 0 Å². The Morgan fingerprint density at radius 2 is 1.00 bits per heavy atom. The van der Waals surface area contributed by atoms with Crippen LogP contribution >= 0.6 is 0 Å². The third-order valence-electron chi connectivity index (χ3n) is 5.18. The van der Waals surface area contributed by atoms with Crippen LogP contribution in [0.3, 0.4) is 0 Å². The van der Waals surface area contributed by atoms with Crippen LogP contribution in [0, 0.1) is 0 Å². The summed E-state index contributed by atoms with van der Waals surface area (Å²) in [5.74, 6) is -2.18. The molecular weight excluding hydrogens is 440 g/mol. The number of aliphatic hydroxyl groups is 1. The molecule has 0 radical (unpaired) electrons. The molecule has 0 unspecified atom stereocenters. The highest BCUT2D eigenvalue weighted by molar-refractivity contribution is 5.91. The molecule has 8 nitrogen and oxygen atoms in total. The molecule has 4 rings (SSSR count). The zero-order valence-corrected chi connectivity index (χ0v) is 18.0. The van der Waals surface area contributed by atoms with Crippen molar-refractivity contribution in [1.82, 2.24) is 0 Å². The second kappa shape index (κ2) is 10.7. The molecule has 3 aromatic carbocycles. The molecule has 174 valence electrons. The molecule has 8 heteroatoms. The van der Waals surface area contributed by atoms with Crippen molar-refractivity contribution >= 4 is 17.9 Å². The van der Waals surface area contributed by atoms with Gasteiger partial charge in [0.05, 0.1) is 23.3 Å². The van der Waals surface area contributed by atoms with E-state index < -0.39 is 42.5 Å². The van der Waals surface area contributed by atoms with Gasteiger partial charge >= 0.3 is 17.9 Å². The lowest BCUT2D eigenvalue weighted by atomic mass is 10.0. The SMILES string of the molecule is O=C(O[C@H]1[C@H](OC(=O)c2ccccc2)[C@@H](OC(=O)c2ccccc2)CO[C@H]1O)c1ccccc1. The number of hydrogen-bond acceptors (Lipinski definition) is 8. The van der Waals surface area contributed by atoms with Gasteiger partial charge in [-0.15, -0.1) is 0 Å². The highest BCUT2D eigenvalue weighted by Gasteiger charge is 2.47. The summed E-state index contributed by atoms with van der Waals surface area (Å²) in [6.07, 6.45) is -5.51. The van der Waals surface area contributed by atoms with E-state index in [0.29, 0.717) is 0 Å². The fourth-order valence-corrected chi connectivity index (χ4v) is 3.44. The maximum atomic E-state index is 12.8. The van der Waals surface area contributed by atoms with Gasteiger partial charge in [-0.2, -0.15) is 0 Å². The van der Waals surface area contributed by atoms with Gasteiger partial charge in [0, 0.05) is 0 Å². The number of hydrogen-bond donors (Lipinski definition) is 1. The smallest absolute Gasteiger partial charge is 0.338 e. The molecule has 1 N–H and O–H groups in total. The third kappa shape index (κ3) is 5.48. The molecule has 1 aliphatic rings. The fraction of sp³-hybridized carbons (Fsp3) is 0.192. The fourth-order valence-electron chi connectivity index (χ4n) is 3.44. The summed E-state index contributed by atoms with van der Waals surface area (Å²) >= 11 is 0. The lowest BCUT2D eigenvalue weighted by molar-refractivity contribution is -0.251. The van der Waals surface area contributed by atoms with Crippen molar-refractivity contribution in [2.75, 3.05) is 6.61 Å². The molecule has 4 atom stereocenters. The van der Waals surface area contributed by atoms with E-state index in [4.69, 9.17) is 18.9 Å². The van der Waals surface area contributed by atoms with E-state index in [2.05, 4.69) is 0 Å². The van der Waals surface area contributed by atoms with Gasteiger partial charge in [-0.3, -0.25) is 0 Å². The van der Waals surface area contributed by atoms with Crippen molar-refractivity contribution in [2.24, 2.45) is 0 Å². The zero-order valence-electron chi connectivity index (χ0n) is 18.0. The molecule has 0 saturated carbocycles. The van der Waals surface area contributed by atoms with Crippen LogP contribution in [0.5, 0.6) is 0 Å². The first-order chi connectivity index (χ1) is 16.5. The Balaban J connectivity index is 1.59. The van der Waals surface area contributed by atoms with Gasteiger partial charge in [0.2, 0.25) is 0 Å². The maximum absolute atomic E-state index is 12.8. The Hall–Kier alpha value is -4.01. The lowest BCUT2D eigenvalue weighted by Gasteiger charge is -2.38. The Morgan fingerprint density at radius 3 is 1.44 bits per heavy atom. The molecular formula is C26H22O8. The van der Waals surface area contributed by atoms with Gasteiger partial charge in [0.25, 0.3) is 0 Å². The summed E-state index contributed by atoms with van der Waals surface area (Å²) in [5.41, 5.74) is 0.746. The second-order valence-corrected chi connectivity index (χ2v) is 7.51. The van der Waals surface area contributed by atoms with E-state index in [0.717, 1.165) is 0 Å². The highest BCUT2D eigenvalue weighted by Crippen LogP contribution is 2.25. The topological polar surface area (TPSA) is 108 Å². The van der Waals surface area contributed by atoms with Crippen molar-refractivity contribution in [1.29, 1.82) is 0 Å². The van der Waals surface area contributed by atoms with E-state index in [-0.39, 0.29) is 23.3 Å². The number of ether oxygens (including phenoxy) is 4. The van der Waals surface area contributed by atoms with Crippen LogP contribution in [0.25, 0.3) is 0 Å². The van der Waals surface area contributed by atoms with Crippen LogP contribution in [0.15, 0.2) is 91.0 Å². The molecule has 3 aromatic rings. The average Bonchev–Trinajstić information content (AvgIpc) is 2.89. The molecule has 0 bridgehead atoms. The van der Waals surface area contributed by atoms with Gasteiger partial charge in [-0.1, -0.05) is 54.6 Å². The summed E-state index contributed by atoms with van der Waals surface area (Å²) in [5, 5.41) is 10.5. The Bertz CT molecular complexity index is 1120. The van der Waals surface area contributed by atoms with E-state index in [1.807, 2.05) is 0 Å². The van der Waals surface area contributed by atoms with Crippen molar-refractivity contribution in [3.05, 3.63) is 108 Å². The minimum atomic E-state index is -1.60. The summed E-state index contributed by atoms with van der Waals surface area (Å²) in [7, 11) is 0. The van der Waals surface area contributed by atoms with Crippen LogP contribution in [-0.2, 0) is 18.9 Å². The number of benzene rings is 3. The van der Waals surface area contributed by atoms with Crippen molar-refractivity contribution in [2.45, 2.75) is 24.6 Å². The number of carbonyl (C=O) groups is 3. The molecule has 1 heterocycles. The average molecular weight is 462 g/mol. The Kier molecular flexibility index (Phi) is 7.31. The summed E-state index contributed by atoms with van der Waals surface area (Å²) in [6, 6.07) is 24.5. The Labute approximate surface area is 195 Å². The quantitative estimate of drug-likeness (QED) is 0.440. The zero-order chi connectivity index (χ0) is 23.9. The van der Waals surface area contributed by atoms with Crippen LogP contribution in [-0.4, -0.2) is 54.2 Å². The van der Waals surface area contributed by atoms with E-state index in [9.17, 15) is 19.5 Å². The van der Waals surface area contributed by atoms with Gasteiger partial charge in [0.1, 0.15) is 0 Å². The molecule has 1 aliphatic heterocycles. The van der Waals surface area contributed by atoms with Gasteiger partial charge in [-0.05, 0) is 36.4 Å². The minimum Gasteiger partial charge on any atom is -0.452 e. The summed E-state index contributed by atoms with van der Waals surface area (Å²) < 4.78 is 21.9. The van der Waals surface area contributed by atoms with Crippen molar-refractivity contribution < 1.29 is 38.4 Å². The van der Waals surface area contributed by atoms with Crippen molar-refractivity contribution in [3.63, 3.8) is 0 Å². The van der Waals surface area contributed by atoms with Crippen LogP contribution in [0.4, 0.5) is 0 Å². The van der Waals surface area contributed by atoms with Crippen LogP contribution in [0.2, 0.25) is 0 Å². The molecule has 0 spiro atoms. The summed E-state index contributed by atoms with van der Waals surface area (Å²) in [6.45, 7) is -0.272. The minimum absolute atomic E-state index is 0.228. The molecule has 1 fully saturated rings. The van der Waals surface area contributed by atoms with E-state index >= 15 is 0 Å². The first kappa shape index (κ1) is 23.2. The van der Waals surface area contributed by atoms with E-state index in [1.54, 1.807) is 78.9 Å². The normalized spacial score (nSPS) is 21.8. The molecule has 1 saturated heterocycles. The molecule has 0 aliphatic carbocycles. The predicted molar refractivity (Wildman–Crippen MR) is 119 cm³/mol. The molecule has 34 heavy (non-hydrogen) atoms. The van der Waals surface area contributed by atoms with E-state index in [1.165, 1.54) is 12.1 Å². The highest BCUT2D eigenvalue weighted by atomic mass is 16.7. The standard InChI is InChI=1S/C26H22O8/c27-23(17-10-4-1-5-11-17)32-20-16-31-26(30)22(34-25(29)19-14-8-3-9-15-19)21(20)33-24(28)18-12-6-2-7-13-18/h1-15,20-22,26,30H,16H2/t20-,21+,22-,26+/m0/s1. The van der Waals surface area contributed by atoms with Gasteiger partial charge in [0.15, 0.2) is 24.6 Å². The molecule has 0 amide bonds. The number of rotatable bonds is 6. The summed E-state index contributed by atoms with van der Waals surface area (Å²) in [4.78, 5) is 38.1. The monoisotopic (exact) mass is 462 g/mol. The van der Waals surface area contributed by atoms with Crippen molar-refractivity contribution in [3.8, 4) is 0 Å². The van der Waals surface area contributed by atoms with Gasteiger partial charge < -0.3 is 24.1 Å². The lowest BCUT2D eigenvalue weighted by Crippen LogP contribution is -2.57. The second-order valence-electron chi connectivity index (χ2n) is 7.51. The first-order valence-electron chi connectivity index (χ1n) is 10.6. The Morgan fingerprint density at radius 1 is 0.618 bits per heavy atom. The largest absolute Gasteiger partial charge is 0.452 e. The maximum Gasteiger partial charge on any atom is 0.338 e. The number of esters is 3. The van der Waals surface area contributed by atoms with Crippen LogP contribution in [0.1, 0.15) is 31.1 Å². The predicted octanol–water partition coefficient (Wildman–Crippen LogP) is 3.01. The first-order valence-corrected chi connectivity index (χ1v) is 10.6. The number of carbonyl (C=O) groups excluding carboxylic acids is 3. The van der Waals surface area contributed by atoms with Gasteiger partial charge in [-0.25, -0.2) is 14.4 Å². The number of aliphatic hydroxyl groups excluding tert-OH is 1.